The average molecular weight is 413 g/mol. The second kappa shape index (κ2) is 11.3. The third kappa shape index (κ3) is 6.05. The predicted octanol–water partition coefficient (Wildman–Crippen LogP) is 8.79. The van der Waals surface area contributed by atoms with Crippen molar-refractivity contribution in [2.24, 2.45) is 0 Å². The van der Waals surface area contributed by atoms with Gasteiger partial charge in [0.05, 0.1) is 11.5 Å². The maximum Gasteiger partial charge on any atom is 0.149 e. The highest BCUT2D eigenvalue weighted by atomic mass is 32.1. The Bertz CT molecular complexity index is 882. The molecule has 0 unspecified atom stereocenters. The van der Waals surface area contributed by atoms with Crippen LogP contribution in [0.3, 0.4) is 0 Å². The lowest BCUT2D eigenvalue weighted by Crippen LogP contribution is -1.96. The molecule has 3 heteroatoms. The van der Waals surface area contributed by atoms with Crippen LogP contribution in [0.15, 0.2) is 42.5 Å². The highest BCUT2D eigenvalue weighted by molar-refractivity contribution is 7.22. The van der Waals surface area contributed by atoms with Crippen LogP contribution < -0.4 is 4.74 Å². The molecule has 0 atom stereocenters. The molecule has 156 valence electrons. The highest BCUT2D eigenvalue weighted by Crippen LogP contribution is 2.39. The summed E-state index contributed by atoms with van der Waals surface area (Å²) in [6, 6.07) is 14.2. The monoisotopic (exact) mass is 412 g/mol. The van der Waals surface area contributed by atoms with E-state index in [2.05, 4.69) is 38.1 Å². The molecule has 0 saturated heterocycles. The second-order valence-corrected chi connectivity index (χ2v) is 8.87. The molecule has 0 amide bonds. The van der Waals surface area contributed by atoms with E-state index in [1.165, 1.54) is 61.8 Å². The lowest BCUT2D eigenvalue weighted by molar-refractivity contribution is 0.305. The Kier molecular flexibility index (Phi) is 8.54. The first-order chi connectivity index (χ1) is 14.2. The van der Waals surface area contributed by atoms with E-state index in [1.54, 1.807) is 0 Å². The van der Waals surface area contributed by atoms with E-state index in [0.29, 0.717) is 5.39 Å². The SMILES string of the molecule is CCCCCCOc1ccc2c(F)c(-c3ccc(CCCCCC)cc3)sc2c1. The van der Waals surface area contributed by atoms with Crippen LogP contribution in [0.1, 0.15) is 70.8 Å². The number of hydrogen-bond acceptors (Lipinski definition) is 2. The van der Waals surface area contributed by atoms with Gasteiger partial charge in [-0.2, -0.15) is 0 Å². The van der Waals surface area contributed by atoms with Crippen molar-refractivity contribution in [3.63, 3.8) is 0 Å². The Hall–Kier alpha value is -1.87. The van der Waals surface area contributed by atoms with E-state index in [4.69, 9.17) is 4.74 Å². The number of rotatable bonds is 12. The number of unbranched alkanes of at least 4 members (excludes halogenated alkanes) is 6. The van der Waals surface area contributed by atoms with E-state index in [1.807, 2.05) is 18.2 Å². The molecule has 0 aliphatic carbocycles. The Morgan fingerprint density at radius 2 is 1.55 bits per heavy atom. The summed E-state index contributed by atoms with van der Waals surface area (Å²) in [6.45, 7) is 5.17. The molecule has 0 bridgehead atoms. The molecule has 0 N–H and O–H groups in total. The third-order valence-corrected chi connectivity index (χ3v) is 6.58. The number of halogens is 1. The third-order valence-electron chi connectivity index (χ3n) is 5.40. The zero-order valence-corrected chi connectivity index (χ0v) is 18.6. The molecular weight excluding hydrogens is 379 g/mol. The minimum absolute atomic E-state index is 0.116. The molecule has 1 heterocycles. The van der Waals surface area contributed by atoms with Gasteiger partial charge < -0.3 is 4.74 Å². The summed E-state index contributed by atoms with van der Waals surface area (Å²) >= 11 is 1.51. The van der Waals surface area contributed by atoms with E-state index in [9.17, 15) is 4.39 Å². The van der Waals surface area contributed by atoms with E-state index < -0.39 is 0 Å². The van der Waals surface area contributed by atoms with Gasteiger partial charge in [-0.05, 0) is 48.6 Å². The van der Waals surface area contributed by atoms with Gasteiger partial charge in [-0.1, -0.05) is 76.6 Å². The number of fused-ring (bicyclic) bond motifs is 1. The molecule has 0 radical (unpaired) electrons. The lowest BCUT2D eigenvalue weighted by atomic mass is 10.0. The maximum absolute atomic E-state index is 15.0. The van der Waals surface area contributed by atoms with Gasteiger partial charge in [0.25, 0.3) is 0 Å². The lowest BCUT2D eigenvalue weighted by Gasteiger charge is -2.05. The largest absolute Gasteiger partial charge is 0.494 e. The van der Waals surface area contributed by atoms with Crippen LogP contribution in [0.25, 0.3) is 20.5 Å². The predicted molar refractivity (Wildman–Crippen MR) is 125 cm³/mol. The number of aryl methyl sites for hydroxylation is 1. The summed E-state index contributed by atoms with van der Waals surface area (Å²) in [6.07, 6.45) is 10.9. The van der Waals surface area contributed by atoms with E-state index in [0.717, 1.165) is 40.3 Å². The zero-order chi connectivity index (χ0) is 20.5. The summed E-state index contributed by atoms with van der Waals surface area (Å²) in [5.41, 5.74) is 2.30. The van der Waals surface area contributed by atoms with Gasteiger partial charge in [0.1, 0.15) is 11.6 Å². The van der Waals surface area contributed by atoms with E-state index >= 15 is 0 Å². The first-order valence-electron chi connectivity index (χ1n) is 11.2. The molecule has 29 heavy (non-hydrogen) atoms. The molecule has 0 saturated carbocycles. The first-order valence-corrected chi connectivity index (χ1v) is 12.0. The molecule has 1 nitrogen and oxygen atoms in total. The van der Waals surface area contributed by atoms with Crippen LogP contribution in [0.2, 0.25) is 0 Å². The number of hydrogen-bond donors (Lipinski definition) is 0. The van der Waals surface area contributed by atoms with Crippen molar-refractivity contribution in [2.75, 3.05) is 6.61 Å². The summed E-state index contributed by atoms with van der Waals surface area (Å²) in [5, 5.41) is 0.687. The van der Waals surface area contributed by atoms with Crippen LogP contribution in [0.4, 0.5) is 4.39 Å². The highest BCUT2D eigenvalue weighted by Gasteiger charge is 2.14. The molecule has 1 aromatic heterocycles. The van der Waals surface area contributed by atoms with Gasteiger partial charge in [0.15, 0.2) is 0 Å². The first kappa shape index (κ1) is 21.8. The Balaban J connectivity index is 1.67. The van der Waals surface area contributed by atoms with Crippen molar-refractivity contribution in [1.29, 1.82) is 0 Å². The van der Waals surface area contributed by atoms with Crippen LogP contribution >= 0.6 is 11.3 Å². The quantitative estimate of drug-likeness (QED) is 0.270. The molecule has 3 aromatic rings. The van der Waals surface area contributed by atoms with Gasteiger partial charge in [-0.25, -0.2) is 4.39 Å². The van der Waals surface area contributed by atoms with Gasteiger partial charge in [-0.3, -0.25) is 0 Å². The Labute approximate surface area is 178 Å². The number of ether oxygens (including phenoxy) is 1. The minimum Gasteiger partial charge on any atom is -0.494 e. The van der Waals surface area contributed by atoms with Crippen LogP contribution in [0, 0.1) is 5.82 Å². The van der Waals surface area contributed by atoms with Gasteiger partial charge in [0, 0.05) is 10.1 Å². The molecule has 0 aliphatic rings. The topological polar surface area (TPSA) is 9.23 Å². The number of thiophene rings is 1. The summed E-state index contributed by atoms with van der Waals surface area (Å²) in [4.78, 5) is 0.720. The summed E-state index contributed by atoms with van der Waals surface area (Å²) in [5.74, 6) is 0.722. The van der Waals surface area contributed by atoms with Gasteiger partial charge in [0.2, 0.25) is 0 Å². The average Bonchev–Trinajstić information content (AvgIpc) is 3.07. The number of benzene rings is 2. The Morgan fingerprint density at radius 1 is 0.828 bits per heavy atom. The van der Waals surface area contributed by atoms with Gasteiger partial charge >= 0.3 is 0 Å². The van der Waals surface area contributed by atoms with Crippen molar-refractivity contribution >= 4 is 21.4 Å². The van der Waals surface area contributed by atoms with Crippen LogP contribution in [-0.4, -0.2) is 6.61 Å². The molecular formula is C26H33FOS. The summed E-state index contributed by atoms with van der Waals surface area (Å²) in [7, 11) is 0. The molecule has 0 fully saturated rings. The zero-order valence-electron chi connectivity index (χ0n) is 17.8. The fourth-order valence-corrected chi connectivity index (χ4v) is 4.73. The van der Waals surface area contributed by atoms with Crippen molar-refractivity contribution in [2.45, 2.75) is 71.6 Å². The molecule has 2 aromatic carbocycles. The fraction of sp³-hybridized carbons (Fsp3) is 0.462. The Morgan fingerprint density at radius 3 is 2.28 bits per heavy atom. The van der Waals surface area contributed by atoms with Crippen molar-refractivity contribution in [3.8, 4) is 16.2 Å². The molecule has 0 spiro atoms. The van der Waals surface area contributed by atoms with Crippen molar-refractivity contribution in [3.05, 3.63) is 53.8 Å². The van der Waals surface area contributed by atoms with Crippen molar-refractivity contribution in [1.82, 2.24) is 0 Å². The minimum atomic E-state index is -0.116. The summed E-state index contributed by atoms with van der Waals surface area (Å²) < 4.78 is 21.8. The normalized spacial score (nSPS) is 11.3. The van der Waals surface area contributed by atoms with E-state index in [-0.39, 0.29) is 5.82 Å². The van der Waals surface area contributed by atoms with Crippen LogP contribution in [-0.2, 0) is 6.42 Å². The molecule has 3 rings (SSSR count). The van der Waals surface area contributed by atoms with Gasteiger partial charge in [-0.15, -0.1) is 11.3 Å². The molecule has 0 aliphatic heterocycles. The standard InChI is InChI=1S/C26H33FOS/c1-3-5-7-9-11-20-12-14-21(15-13-20)26-25(27)23-17-16-22(19-24(23)29-26)28-18-10-8-6-4-2/h12-17,19H,3-11,18H2,1-2H3. The fourth-order valence-electron chi connectivity index (χ4n) is 3.62. The second-order valence-electron chi connectivity index (χ2n) is 7.82. The smallest absolute Gasteiger partial charge is 0.149 e. The maximum atomic E-state index is 15.0. The van der Waals surface area contributed by atoms with Crippen molar-refractivity contribution < 1.29 is 9.13 Å². The van der Waals surface area contributed by atoms with Crippen LogP contribution in [0.5, 0.6) is 5.75 Å².